The van der Waals surface area contributed by atoms with Crippen LogP contribution in [0, 0.1) is 28.6 Å². The predicted octanol–water partition coefficient (Wildman–Crippen LogP) is 4.68. The highest BCUT2D eigenvalue weighted by Gasteiger charge is 2.58. The van der Waals surface area contributed by atoms with Gasteiger partial charge in [0.25, 0.3) is 0 Å². The average molecular weight is 322 g/mol. The van der Waals surface area contributed by atoms with Crippen molar-refractivity contribution >= 4 is 5.57 Å². The molecule has 1 aromatic heterocycles. The number of pyridine rings is 1. The lowest BCUT2D eigenvalue weighted by molar-refractivity contribution is -0.0472. The lowest BCUT2D eigenvalue weighted by Gasteiger charge is -2.57. The van der Waals surface area contributed by atoms with E-state index in [1.165, 1.54) is 50.6 Å². The number of fused-ring (bicyclic) bond motifs is 5. The summed E-state index contributed by atoms with van der Waals surface area (Å²) in [5.74, 6) is 2.71. The van der Waals surface area contributed by atoms with Crippen molar-refractivity contribution in [1.82, 2.24) is 10.3 Å². The minimum atomic E-state index is 0.374. The van der Waals surface area contributed by atoms with Gasteiger partial charge in [0.05, 0.1) is 0 Å². The highest BCUT2D eigenvalue weighted by molar-refractivity contribution is 5.72. The molecule has 2 saturated carbocycles. The summed E-state index contributed by atoms with van der Waals surface area (Å²) in [7, 11) is 0. The van der Waals surface area contributed by atoms with Crippen molar-refractivity contribution < 1.29 is 0 Å². The topological polar surface area (TPSA) is 24.9 Å². The molecule has 3 aliphatic carbocycles. The average Bonchev–Trinajstić information content (AvgIpc) is 3.15. The molecule has 2 heterocycles. The van der Waals surface area contributed by atoms with Crippen LogP contribution in [-0.4, -0.2) is 17.6 Å². The van der Waals surface area contributed by atoms with E-state index in [4.69, 9.17) is 0 Å². The zero-order chi connectivity index (χ0) is 16.4. The number of allylic oxidation sites excluding steroid dienone is 2. The number of hydrogen-bond acceptors (Lipinski definition) is 2. The molecule has 0 spiro atoms. The fraction of sp³-hybridized carbons (Fsp3) is 0.682. The first-order valence-corrected chi connectivity index (χ1v) is 9.97. The highest BCUT2D eigenvalue weighted by atomic mass is 15.0. The molecule has 0 radical (unpaired) electrons. The molecule has 24 heavy (non-hydrogen) atoms. The second-order valence-electron chi connectivity index (χ2n) is 9.27. The number of nitrogens with zero attached hydrogens (tertiary/aromatic N) is 1. The van der Waals surface area contributed by atoms with Gasteiger partial charge in [-0.15, -0.1) is 0 Å². The smallest absolute Gasteiger partial charge is 0.0343 e. The number of rotatable bonds is 1. The summed E-state index contributed by atoms with van der Waals surface area (Å²) in [6, 6.07) is 5.14. The van der Waals surface area contributed by atoms with Gasteiger partial charge in [-0.2, -0.15) is 0 Å². The van der Waals surface area contributed by atoms with Gasteiger partial charge in [0.1, 0.15) is 0 Å². The van der Waals surface area contributed by atoms with E-state index in [1.54, 1.807) is 5.57 Å². The van der Waals surface area contributed by atoms with Crippen molar-refractivity contribution in [2.75, 3.05) is 6.54 Å². The zero-order valence-electron chi connectivity index (χ0n) is 15.1. The van der Waals surface area contributed by atoms with Gasteiger partial charge < -0.3 is 5.32 Å². The van der Waals surface area contributed by atoms with E-state index in [-0.39, 0.29) is 0 Å². The monoisotopic (exact) mass is 322 g/mol. The van der Waals surface area contributed by atoms with Gasteiger partial charge in [-0.3, -0.25) is 4.98 Å². The van der Waals surface area contributed by atoms with Crippen LogP contribution in [0.4, 0.5) is 0 Å². The van der Waals surface area contributed by atoms with Crippen LogP contribution < -0.4 is 5.32 Å². The van der Waals surface area contributed by atoms with Gasteiger partial charge in [0.15, 0.2) is 0 Å². The van der Waals surface area contributed by atoms with E-state index < -0.39 is 0 Å². The van der Waals surface area contributed by atoms with Gasteiger partial charge in [0, 0.05) is 18.4 Å². The largest absolute Gasteiger partial charge is 0.313 e. The van der Waals surface area contributed by atoms with Gasteiger partial charge in [-0.05, 0) is 90.9 Å². The lowest BCUT2D eigenvalue weighted by Crippen LogP contribution is -2.53. The SMILES string of the molecule is CC12CCC3C(CCC4NCCC43C)C1CC=C2c1cccnc1. The van der Waals surface area contributed by atoms with E-state index in [1.807, 2.05) is 6.20 Å². The van der Waals surface area contributed by atoms with Gasteiger partial charge >= 0.3 is 0 Å². The maximum absolute atomic E-state index is 4.38. The van der Waals surface area contributed by atoms with Crippen molar-refractivity contribution in [3.63, 3.8) is 0 Å². The third-order valence-electron chi connectivity index (χ3n) is 8.48. The van der Waals surface area contributed by atoms with Crippen LogP contribution in [0.2, 0.25) is 0 Å². The van der Waals surface area contributed by atoms with Crippen LogP contribution in [0.1, 0.15) is 57.9 Å². The summed E-state index contributed by atoms with van der Waals surface area (Å²) in [5.41, 5.74) is 3.89. The highest BCUT2D eigenvalue weighted by Crippen LogP contribution is 2.65. The molecule has 3 fully saturated rings. The Kier molecular flexibility index (Phi) is 3.26. The zero-order valence-corrected chi connectivity index (χ0v) is 15.1. The third kappa shape index (κ3) is 1.89. The Morgan fingerprint density at radius 2 is 2.04 bits per heavy atom. The molecule has 6 unspecified atom stereocenters. The molecule has 1 aromatic rings. The van der Waals surface area contributed by atoms with Crippen molar-refractivity contribution in [2.24, 2.45) is 28.6 Å². The molecule has 6 atom stereocenters. The Hall–Kier alpha value is -1.15. The van der Waals surface area contributed by atoms with Crippen molar-refractivity contribution in [1.29, 1.82) is 0 Å². The Labute approximate surface area is 146 Å². The molecule has 5 rings (SSSR count). The molecule has 1 aliphatic heterocycles. The molecule has 0 amide bonds. The molecule has 2 nitrogen and oxygen atoms in total. The fourth-order valence-corrected chi connectivity index (χ4v) is 7.20. The summed E-state index contributed by atoms with van der Waals surface area (Å²) in [4.78, 5) is 4.38. The van der Waals surface area contributed by atoms with Crippen molar-refractivity contribution in [2.45, 2.75) is 58.4 Å². The van der Waals surface area contributed by atoms with Gasteiger partial charge in [-0.25, -0.2) is 0 Å². The van der Waals surface area contributed by atoms with E-state index in [0.29, 0.717) is 10.8 Å². The molecular weight excluding hydrogens is 292 g/mol. The summed E-state index contributed by atoms with van der Waals surface area (Å²) in [6.07, 6.45) is 14.8. The molecular formula is C22H30N2. The molecule has 1 saturated heterocycles. The normalized spacial score (nSPS) is 46.8. The Morgan fingerprint density at radius 3 is 2.88 bits per heavy atom. The van der Waals surface area contributed by atoms with Crippen LogP contribution in [-0.2, 0) is 0 Å². The number of aromatic nitrogens is 1. The molecule has 0 bridgehead atoms. The predicted molar refractivity (Wildman–Crippen MR) is 98.4 cm³/mol. The Morgan fingerprint density at radius 1 is 1.12 bits per heavy atom. The summed E-state index contributed by atoms with van der Waals surface area (Å²) in [5, 5.41) is 3.81. The van der Waals surface area contributed by atoms with Crippen molar-refractivity contribution in [3.05, 3.63) is 36.2 Å². The standard InChI is InChI=1S/C22H30N2/c1-21-10-9-19-16(5-8-20-22(19,2)11-13-24-20)18(21)7-6-17(21)15-4-3-12-23-14-15/h3-4,6,12,14,16,18-20,24H,5,7-11,13H2,1-2H3. The number of nitrogens with one attached hydrogen (secondary N) is 1. The van der Waals surface area contributed by atoms with Crippen LogP contribution in [0.25, 0.3) is 5.57 Å². The van der Waals surface area contributed by atoms with E-state index in [9.17, 15) is 0 Å². The summed E-state index contributed by atoms with van der Waals surface area (Å²) in [6.45, 7) is 6.40. The molecule has 2 heteroatoms. The van der Waals surface area contributed by atoms with E-state index in [2.05, 4.69) is 48.6 Å². The van der Waals surface area contributed by atoms with E-state index in [0.717, 1.165) is 23.8 Å². The second kappa shape index (κ2) is 5.17. The van der Waals surface area contributed by atoms with Crippen LogP contribution >= 0.6 is 0 Å². The minimum Gasteiger partial charge on any atom is -0.313 e. The second-order valence-corrected chi connectivity index (χ2v) is 9.27. The first kappa shape index (κ1) is 15.1. The lowest BCUT2D eigenvalue weighted by atomic mass is 9.48. The number of hydrogen-bond donors (Lipinski definition) is 1. The quantitative estimate of drug-likeness (QED) is 0.812. The first-order valence-electron chi connectivity index (χ1n) is 9.97. The Balaban J connectivity index is 1.48. The van der Waals surface area contributed by atoms with Crippen molar-refractivity contribution in [3.8, 4) is 0 Å². The molecule has 128 valence electrons. The summed E-state index contributed by atoms with van der Waals surface area (Å²) >= 11 is 0. The Bertz CT molecular complexity index is 666. The third-order valence-corrected chi connectivity index (χ3v) is 8.48. The van der Waals surface area contributed by atoms with Crippen LogP contribution in [0.5, 0.6) is 0 Å². The first-order chi connectivity index (χ1) is 11.6. The molecule has 1 N–H and O–H groups in total. The van der Waals surface area contributed by atoms with Gasteiger partial charge in [-0.1, -0.05) is 26.0 Å². The van der Waals surface area contributed by atoms with Crippen LogP contribution in [0.3, 0.4) is 0 Å². The maximum atomic E-state index is 4.38. The molecule has 4 aliphatic rings. The van der Waals surface area contributed by atoms with E-state index >= 15 is 0 Å². The maximum Gasteiger partial charge on any atom is 0.0343 e. The fourth-order valence-electron chi connectivity index (χ4n) is 7.20. The van der Waals surface area contributed by atoms with Crippen LogP contribution in [0.15, 0.2) is 30.6 Å². The van der Waals surface area contributed by atoms with Gasteiger partial charge in [0.2, 0.25) is 0 Å². The molecule has 0 aromatic carbocycles. The summed E-state index contributed by atoms with van der Waals surface area (Å²) < 4.78 is 0. The minimum absolute atomic E-state index is 0.374.